The molecule has 1 unspecified atom stereocenters. The van der Waals surface area contributed by atoms with Crippen molar-refractivity contribution in [3.8, 4) is 0 Å². The van der Waals surface area contributed by atoms with Gasteiger partial charge in [0.15, 0.2) is 0 Å². The second-order valence-corrected chi connectivity index (χ2v) is 5.89. The summed E-state index contributed by atoms with van der Waals surface area (Å²) in [4.78, 5) is 0. The van der Waals surface area contributed by atoms with Crippen LogP contribution in [0.4, 0.5) is 0 Å². The van der Waals surface area contributed by atoms with Crippen LogP contribution in [0.15, 0.2) is 41.1 Å². The minimum atomic E-state index is 0.216. The number of hydrogen-bond donors (Lipinski definition) is 1. The highest BCUT2D eigenvalue weighted by molar-refractivity contribution is 9.10. The van der Waals surface area contributed by atoms with Gasteiger partial charge in [-0.15, -0.1) is 0 Å². The van der Waals surface area contributed by atoms with Crippen molar-refractivity contribution in [2.45, 2.75) is 39.3 Å². The molecule has 1 aromatic carbocycles. The molecule has 0 bridgehead atoms. The van der Waals surface area contributed by atoms with Crippen molar-refractivity contribution in [3.05, 3.63) is 52.3 Å². The van der Waals surface area contributed by atoms with Gasteiger partial charge in [-0.05, 0) is 37.1 Å². The predicted octanol–water partition coefficient (Wildman–Crippen LogP) is 4.14. The molecule has 0 saturated carbocycles. The van der Waals surface area contributed by atoms with Crippen LogP contribution in [0.25, 0.3) is 0 Å². The topological polar surface area (TPSA) is 29.9 Å². The van der Waals surface area contributed by atoms with Crippen LogP contribution in [0.1, 0.15) is 43.9 Å². The third-order valence-corrected chi connectivity index (χ3v) is 3.77. The van der Waals surface area contributed by atoms with Crippen molar-refractivity contribution in [2.24, 2.45) is 0 Å². The molecule has 1 atom stereocenters. The lowest BCUT2D eigenvalue weighted by Crippen LogP contribution is -2.22. The largest absolute Gasteiger partial charge is 0.306 e. The number of nitrogens with one attached hydrogen (secondary N) is 1. The molecule has 0 saturated heterocycles. The first-order chi connectivity index (χ1) is 9.74. The van der Waals surface area contributed by atoms with Crippen LogP contribution in [0.5, 0.6) is 0 Å². The van der Waals surface area contributed by atoms with Gasteiger partial charge >= 0.3 is 0 Å². The Bertz CT molecular complexity index is 519. The molecular formula is C16H22BrN3. The van der Waals surface area contributed by atoms with Crippen LogP contribution in [0.2, 0.25) is 0 Å². The van der Waals surface area contributed by atoms with Crippen molar-refractivity contribution in [3.63, 3.8) is 0 Å². The van der Waals surface area contributed by atoms with Gasteiger partial charge < -0.3 is 5.32 Å². The maximum atomic E-state index is 4.45. The lowest BCUT2D eigenvalue weighted by molar-refractivity contribution is 0.588. The van der Waals surface area contributed by atoms with E-state index in [0.717, 1.165) is 30.4 Å². The maximum Gasteiger partial charge on any atom is 0.0607 e. The van der Waals surface area contributed by atoms with E-state index in [-0.39, 0.29) is 6.04 Å². The van der Waals surface area contributed by atoms with Crippen molar-refractivity contribution in [2.75, 3.05) is 6.54 Å². The first kappa shape index (κ1) is 15.3. The summed E-state index contributed by atoms with van der Waals surface area (Å²) >= 11 is 3.49. The number of rotatable bonds is 7. The molecule has 0 spiro atoms. The zero-order valence-corrected chi connectivity index (χ0v) is 13.7. The minimum Gasteiger partial charge on any atom is -0.306 e. The highest BCUT2D eigenvalue weighted by Gasteiger charge is 2.15. The van der Waals surface area contributed by atoms with Gasteiger partial charge in [-0.3, -0.25) is 4.68 Å². The van der Waals surface area contributed by atoms with E-state index < -0.39 is 0 Å². The summed E-state index contributed by atoms with van der Waals surface area (Å²) < 4.78 is 3.13. The van der Waals surface area contributed by atoms with E-state index in [1.807, 2.05) is 10.9 Å². The normalized spacial score (nSPS) is 12.6. The number of aromatic nitrogens is 2. The van der Waals surface area contributed by atoms with Gasteiger partial charge in [0.1, 0.15) is 0 Å². The predicted molar refractivity (Wildman–Crippen MR) is 86.8 cm³/mol. The van der Waals surface area contributed by atoms with E-state index in [1.54, 1.807) is 0 Å². The first-order valence-electron chi connectivity index (χ1n) is 7.25. The second kappa shape index (κ2) is 7.60. The fourth-order valence-corrected chi connectivity index (χ4v) is 2.52. The first-order valence-corrected chi connectivity index (χ1v) is 8.05. The Balaban J connectivity index is 2.23. The lowest BCUT2D eigenvalue weighted by atomic mass is 10.0. The fourth-order valence-electron chi connectivity index (χ4n) is 2.25. The third-order valence-electron chi connectivity index (χ3n) is 3.24. The molecule has 0 fully saturated rings. The number of aryl methyl sites for hydroxylation is 1. The average molecular weight is 336 g/mol. The van der Waals surface area contributed by atoms with E-state index in [2.05, 4.69) is 70.7 Å². The zero-order valence-electron chi connectivity index (χ0n) is 12.1. The van der Waals surface area contributed by atoms with Crippen LogP contribution in [-0.4, -0.2) is 16.3 Å². The van der Waals surface area contributed by atoms with Crippen molar-refractivity contribution >= 4 is 15.9 Å². The molecule has 1 N–H and O–H groups in total. The van der Waals surface area contributed by atoms with E-state index in [9.17, 15) is 0 Å². The highest BCUT2D eigenvalue weighted by Crippen LogP contribution is 2.23. The standard InChI is InChI=1S/C16H22BrN3/c1-3-9-18-16(13-5-7-15(17)8-6-13)14-11-19-20(12-14)10-4-2/h5-8,11-12,16,18H,3-4,9-10H2,1-2H3. The fraction of sp³-hybridized carbons (Fsp3) is 0.438. The van der Waals surface area contributed by atoms with E-state index >= 15 is 0 Å². The van der Waals surface area contributed by atoms with Gasteiger partial charge in [0.05, 0.1) is 12.2 Å². The number of hydrogen-bond acceptors (Lipinski definition) is 2. The Labute approximate surface area is 129 Å². The third kappa shape index (κ3) is 3.93. The van der Waals surface area contributed by atoms with Crippen LogP contribution in [-0.2, 0) is 6.54 Å². The van der Waals surface area contributed by atoms with Crippen LogP contribution >= 0.6 is 15.9 Å². The monoisotopic (exact) mass is 335 g/mol. The lowest BCUT2D eigenvalue weighted by Gasteiger charge is -2.17. The average Bonchev–Trinajstić information content (AvgIpc) is 2.90. The molecule has 0 aliphatic heterocycles. The molecule has 4 heteroatoms. The molecule has 1 heterocycles. The summed E-state index contributed by atoms with van der Waals surface area (Å²) in [7, 11) is 0. The van der Waals surface area contributed by atoms with Crippen molar-refractivity contribution in [1.82, 2.24) is 15.1 Å². The Morgan fingerprint density at radius 1 is 1.15 bits per heavy atom. The Kier molecular flexibility index (Phi) is 5.80. The molecule has 1 aromatic heterocycles. The summed E-state index contributed by atoms with van der Waals surface area (Å²) in [5, 5.41) is 8.05. The molecule has 0 aliphatic rings. The minimum absolute atomic E-state index is 0.216. The van der Waals surface area contributed by atoms with Crippen LogP contribution in [0, 0.1) is 0 Å². The van der Waals surface area contributed by atoms with Gasteiger partial charge in [-0.2, -0.15) is 5.10 Å². The SMILES string of the molecule is CCCNC(c1ccc(Br)cc1)c1cnn(CCC)c1. The molecule has 108 valence electrons. The molecule has 0 radical (unpaired) electrons. The molecule has 2 rings (SSSR count). The van der Waals surface area contributed by atoms with Crippen LogP contribution < -0.4 is 5.32 Å². The molecular weight excluding hydrogens is 314 g/mol. The quantitative estimate of drug-likeness (QED) is 0.823. The Hall–Kier alpha value is -1.13. The zero-order chi connectivity index (χ0) is 14.4. The molecule has 3 nitrogen and oxygen atoms in total. The van der Waals surface area contributed by atoms with E-state index in [4.69, 9.17) is 0 Å². The van der Waals surface area contributed by atoms with Gasteiger partial charge in [-0.1, -0.05) is 41.9 Å². The Morgan fingerprint density at radius 2 is 1.90 bits per heavy atom. The highest BCUT2D eigenvalue weighted by atomic mass is 79.9. The van der Waals surface area contributed by atoms with Gasteiger partial charge in [0.2, 0.25) is 0 Å². The molecule has 0 amide bonds. The van der Waals surface area contributed by atoms with Crippen molar-refractivity contribution < 1.29 is 0 Å². The van der Waals surface area contributed by atoms with Crippen LogP contribution in [0.3, 0.4) is 0 Å². The van der Waals surface area contributed by atoms with Crippen molar-refractivity contribution in [1.29, 1.82) is 0 Å². The summed E-state index contributed by atoms with van der Waals surface area (Å²) in [6.45, 7) is 6.33. The number of nitrogens with zero attached hydrogens (tertiary/aromatic N) is 2. The molecule has 0 aliphatic carbocycles. The Morgan fingerprint density at radius 3 is 2.55 bits per heavy atom. The second-order valence-electron chi connectivity index (χ2n) is 4.98. The summed E-state index contributed by atoms with van der Waals surface area (Å²) in [6, 6.07) is 8.72. The van der Waals surface area contributed by atoms with E-state index in [0.29, 0.717) is 0 Å². The number of benzene rings is 1. The summed E-state index contributed by atoms with van der Waals surface area (Å²) in [6.07, 6.45) is 6.35. The number of halogens is 1. The van der Waals surface area contributed by atoms with Gasteiger partial charge in [0, 0.05) is 22.8 Å². The molecule has 2 aromatic rings. The molecule has 20 heavy (non-hydrogen) atoms. The van der Waals surface area contributed by atoms with E-state index in [1.165, 1.54) is 11.1 Å². The maximum absolute atomic E-state index is 4.45. The van der Waals surface area contributed by atoms with Gasteiger partial charge in [0.25, 0.3) is 0 Å². The van der Waals surface area contributed by atoms with Gasteiger partial charge in [-0.25, -0.2) is 0 Å². The summed E-state index contributed by atoms with van der Waals surface area (Å²) in [5.74, 6) is 0. The summed E-state index contributed by atoms with van der Waals surface area (Å²) in [5.41, 5.74) is 2.51. The smallest absolute Gasteiger partial charge is 0.0607 e.